The Balaban J connectivity index is 1.11. The van der Waals surface area contributed by atoms with Crippen molar-refractivity contribution in [1.29, 1.82) is 0 Å². The van der Waals surface area contributed by atoms with E-state index in [0.717, 1.165) is 21.9 Å². The summed E-state index contributed by atoms with van der Waals surface area (Å²) in [6.07, 6.45) is 0. The van der Waals surface area contributed by atoms with E-state index in [4.69, 9.17) is 4.42 Å². The maximum absolute atomic E-state index is 7.15. The molecule has 3 nitrogen and oxygen atoms in total. The van der Waals surface area contributed by atoms with Crippen molar-refractivity contribution in [3.63, 3.8) is 0 Å². The molecule has 0 saturated carbocycles. The number of nitrogens with zero attached hydrogens (tertiary/aromatic N) is 2. The van der Waals surface area contributed by atoms with Crippen molar-refractivity contribution in [2.75, 3.05) is 0 Å². The lowest BCUT2D eigenvalue weighted by Gasteiger charge is -2.31. The van der Waals surface area contributed by atoms with E-state index in [2.05, 4.69) is 205 Å². The lowest BCUT2D eigenvalue weighted by Crippen LogP contribution is -2.26. The molecule has 12 aromatic rings. The van der Waals surface area contributed by atoms with Crippen LogP contribution >= 0.6 is 0 Å². The first-order valence-corrected chi connectivity index (χ1v) is 20.9. The van der Waals surface area contributed by atoms with Crippen LogP contribution in [-0.2, 0) is 19.5 Å². The molecule has 0 radical (unpaired) electrons. The number of furan rings is 1. The van der Waals surface area contributed by atoms with Gasteiger partial charge in [0, 0.05) is 74.0 Å². The Morgan fingerprint density at radius 2 is 0.883 bits per heavy atom. The fraction of sp³-hybridized carbons (Fsp3) is 0.0526. The Bertz CT molecular complexity index is 3820. The summed E-state index contributed by atoms with van der Waals surface area (Å²) in [5.74, 6) is 0. The van der Waals surface area contributed by atoms with E-state index in [-0.39, 0.29) is 0 Å². The van der Waals surface area contributed by atoms with Gasteiger partial charge in [-0.05, 0) is 116 Å². The van der Waals surface area contributed by atoms with Crippen LogP contribution in [0, 0.1) is 0 Å². The van der Waals surface area contributed by atoms with Gasteiger partial charge in [-0.25, -0.2) is 0 Å². The van der Waals surface area contributed by atoms with Gasteiger partial charge >= 0.3 is 0 Å². The molecule has 2 aliphatic rings. The van der Waals surface area contributed by atoms with Crippen LogP contribution in [0.3, 0.4) is 0 Å². The molecule has 3 aromatic heterocycles. The molecule has 0 atom stereocenters. The normalized spacial score (nSPS) is 13.6. The standard InChI is InChI=1S/C57H36N2O/c1-58-49-20-10-5-15-38(49)43-29-33(24-27-51(43)58)34-23-26-40-47(31-34)57(45-18-8-3-13-36(45)37-14-4-9-19-46(37)57)48-32-42(54-41-17-7-12-22-53(41)60-56(54)55(40)48)35-25-28-52-44(30-35)39-16-6-11-21-50(39)59(52)2/h3-32H,1-2H3. The van der Waals surface area contributed by atoms with Gasteiger partial charge in [-0.2, -0.15) is 0 Å². The number of benzene rings is 9. The van der Waals surface area contributed by atoms with Gasteiger partial charge in [0.25, 0.3) is 0 Å². The molecule has 0 fully saturated rings. The Labute approximate surface area is 346 Å². The first-order chi connectivity index (χ1) is 29.6. The number of hydrogen-bond acceptors (Lipinski definition) is 1. The molecule has 14 rings (SSSR count). The average Bonchev–Trinajstić information content (AvgIpc) is 4.07. The molecule has 0 N–H and O–H groups in total. The average molecular weight is 765 g/mol. The monoisotopic (exact) mass is 764 g/mol. The molecule has 0 bridgehead atoms. The number of aryl methyl sites for hydroxylation is 2. The Morgan fingerprint density at radius 1 is 0.367 bits per heavy atom. The molecule has 3 heterocycles. The van der Waals surface area contributed by atoms with Gasteiger partial charge in [0.2, 0.25) is 0 Å². The van der Waals surface area contributed by atoms with E-state index in [1.807, 2.05) is 0 Å². The molecular formula is C57H36N2O. The topological polar surface area (TPSA) is 23.0 Å². The highest BCUT2D eigenvalue weighted by atomic mass is 16.3. The summed E-state index contributed by atoms with van der Waals surface area (Å²) in [7, 11) is 4.34. The van der Waals surface area contributed by atoms with E-state index < -0.39 is 5.41 Å². The third kappa shape index (κ3) is 3.86. The van der Waals surface area contributed by atoms with Crippen molar-refractivity contribution < 1.29 is 4.42 Å². The molecule has 9 aromatic carbocycles. The van der Waals surface area contributed by atoms with Gasteiger partial charge in [-0.3, -0.25) is 0 Å². The Morgan fingerprint density at radius 3 is 1.57 bits per heavy atom. The number of hydrogen-bond donors (Lipinski definition) is 0. The first kappa shape index (κ1) is 32.3. The van der Waals surface area contributed by atoms with Crippen LogP contribution in [0.4, 0.5) is 0 Å². The predicted octanol–water partition coefficient (Wildman–Crippen LogP) is 14.6. The minimum Gasteiger partial charge on any atom is -0.455 e. The molecule has 60 heavy (non-hydrogen) atoms. The van der Waals surface area contributed by atoms with Gasteiger partial charge in [-0.15, -0.1) is 0 Å². The van der Waals surface area contributed by atoms with Crippen molar-refractivity contribution in [1.82, 2.24) is 9.13 Å². The van der Waals surface area contributed by atoms with Crippen LogP contribution in [0.2, 0.25) is 0 Å². The molecule has 3 heteroatoms. The second-order valence-electron chi connectivity index (χ2n) is 16.9. The maximum atomic E-state index is 7.15. The summed E-state index contributed by atoms with van der Waals surface area (Å²) in [6.45, 7) is 0. The van der Waals surface area contributed by atoms with Crippen molar-refractivity contribution in [3.8, 4) is 44.5 Å². The van der Waals surface area contributed by atoms with Crippen molar-refractivity contribution in [2.24, 2.45) is 14.1 Å². The van der Waals surface area contributed by atoms with Crippen molar-refractivity contribution in [3.05, 3.63) is 204 Å². The quantitative estimate of drug-likeness (QED) is 0.172. The maximum Gasteiger partial charge on any atom is 0.144 e. The summed E-state index contributed by atoms with van der Waals surface area (Å²) in [5, 5.41) is 7.38. The predicted molar refractivity (Wildman–Crippen MR) is 249 cm³/mol. The Kier molecular flexibility index (Phi) is 6.10. The summed E-state index contributed by atoms with van der Waals surface area (Å²) >= 11 is 0. The minimum absolute atomic E-state index is 0.567. The van der Waals surface area contributed by atoms with Gasteiger partial charge in [0.05, 0.1) is 5.41 Å². The first-order valence-electron chi connectivity index (χ1n) is 20.9. The van der Waals surface area contributed by atoms with Crippen LogP contribution in [0.1, 0.15) is 22.3 Å². The molecule has 0 amide bonds. The summed E-state index contributed by atoms with van der Waals surface area (Å²) < 4.78 is 11.8. The smallest absolute Gasteiger partial charge is 0.144 e. The van der Waals surface area contributed by atoms with Gasteiger partial charge in [0.1, 0.15) is 11.2 Å². The van der Waals surface area contributed by atoms with E-state index in [1.165, 1.54) is 110 Å². The molecule has 280 valence electrons. The molecule has 0 unspecified atom stereocenters. The number of para-hydroxylation sites is 3. The van der Waals surface area contributed by atoms with E-state index in [1.54, 1.807) is 0 Å². The highest BCUT2D eigenvalue weighted by Gasteiger charge is 2.53. The molecule has 2 aliphatic carbocycles. The number of fused-ring (bicyclic) bond motifs is 20. The van der Waals surface area contributed by atoms with Crippen molar-refractivity contribution in [2.45, 2.75) is 5.41 Å². The summed E-state index contributed by atoms with van der Waals surface area (Å²) in [5.41, 5.74) is 21.3. The molecule has 0 saturated heterocycles. The van der Waals surface area contributed by atoms with Crippen LogP contribution < -0.4 is 0 Å². The molecular weight excluding hydrogens is 729 g/mol. The molecule has 0 aliphatic heterocycles. The van der Waals surface area contributed by atoms with Gasteiger partial charge in [0.15, 0.2) is 0 Å². The zero-order valence-electron chi connectivity index (χ0n) is 33.1. The zero-order chi connectivity index (χ0) is 39.4. The second-order valence-corrected chi connectivity index (χ2v) is 16.9. The summed E-state index contributed by atoms with van der Waals surface area (Å²) in [4.78, 5) is 0. The highest BCUT2D eigenvalue weighted by molar-refractivity contribution is 6.20. The van der Waals surface area contributed by atoms with Gasteiger partial charge < -0.3 is 13.6 Å². The van der Waals surface area contributed by atoms with Crippen LogP contribution in [0.5, 0.6) is 0 Å². The largest absolute Gasteiger partial charge is 0.455 e. The summed E-state index contributed by atoms with van der Waals surface area (Å²) in [6, 6.07) is 68.0. The fourth-order valence-electron chi connectivity index (χ4n) is 11.6. The third-order valence-electron chi connectivity index (χ3n) is 14.2. The second kappa shape index (κ2) is 11.3. The molecule has 1 spiro atoms. The van der Waals surface area contributed by atoms with E-state index in [9.17, 15) is 0 Å². The SMILES string of the molecule is Cn1c2ccccc2c2cc(-c3ccc4c(c3)C3(c5ccccc5-c5ccccc53)c3cc(-c5ccc6c(c5)c5ccccc5n6C)c5c(oc6ccccc65)c3-4)ccc21. The highest BCUT2D eigenvalue weighted by Crippen LogP contribution is 2.65. The number of aromatic nitrogens is 2. The van der Waals surface area contributed by atoms with Gasteiger partial charge in [-0.1, -0.05) is 127 Å². The lowest BCUT2D eigenvalue weighted by molar-refractivity contribution is 0.669. The third-order valence-corrected chi connectivity index (χ3v) is 14.2. The van der Waals surface area contributed by atoms with Crippen LogP contribution in [0.25, 0.3) is 110 Å². The van der Waals surface area contributed by atoms with E-state index >= 15 is 0 Å². The van der Waals surface area contributed by atoms with Crippen LogP contribution in [0.15, 0.2) is 186 Å². The number of rotatable bonds is 2. The minimum atomic E-state index is -0.567. The van der Waals surface area contributed by atoms with E-state index in [0.29, 0.717) is 0 Å². The fourth-order valence-corrected chi connectivity index (χ4v) is 11.6. The lowest BCUT2D eigenvalue weighted by atomic mass is 9.69. The zero-order valence-corrected chi connectivity index (χ0v) is 33.1. The van der Waals surface area contributed by atoms with Crippen LogP contribution in [-0.4, -0.2) is 9.13 Å². The van der Waals surface area contributed by atoms with Crippen molar-refractivity contribution >= 4 is 65.6 Å². The Hall–Kier alpha value is -7.62.